The van der Waals surface area contributed by atoms with Gasteiger partial charge in [-0.15, -0.1) is 0 Å². The van der Waals surface area contributed by atoms with Crippen molar-refractivity contribution in [2.45, 2.75) is 12.5 Å². The maximum Gasteiger partial charge on any atom is 0.152 e. The molecule has 0 aromatic heterocycles. The summed E-state index contributed by atoms with van der Waals surface area (Å²) in [5, 5.41) is 3.27. The van der Waals surface area contributed by atoms with E-state index in [0.717, 1.165) is 17.9 Å². The van der Waals surface area contributed by atoms with Gasteiger partial charge in [0.2, 0.25) is 0 Å². The minimum absolute atomic E-state index is 0.103. The molecule has 94 valence electrons. The van der Waals surface area contributed by atoms with Gasteiger partial charge in [-0.05, 0) is 30.7 Å². The van der Waals surface area contributed by atoms with Crippen LogP contribution in [0.4, 0.5) is 0 Å². The number of hydrogen-bond acceptors (Lipinski definition) is 4. The molecule has 0 aliphatic carbocycles. The van der Waals surface area contributed by atoms with Gasteiger partial charge in [-0.3, -0.25) is 0 Å². The Balaban J connectivity index is 2.19. The first-order chi connectivity index (χ1) is 8.11. The second-order valence-corrected chi connectivity index (χ2v) is 6.48. The Labute approximate surface area is 102 Å². The Hall–Kier alpha value is -1.07. The number of rotatable bonds is 2. The average Bonchev–Trinajstić information content (AvgIpc) is 2.50. The second kappa shape index (κ2) is 5.06. The summed E-state index contributed by atoms with van der Waals surface area (Å²) in [6.07, 6.45) is 0.689. The Morgan fingerprint density at radius 2 is 2.00 bits per heavy atom. The predicted molar refractivity (Wildman–Crippen MR) is 67.0 cm³/mol. The molecule has 1 heterocycles. The Morgan fingerprint density at radius 1 is 1.29 bits per heavy atom. The predicted octanol–water partition coefficient (Wildman–Crippen LogP) is 1.14. The molecule has 1 aromatic rings. The van der Waals surface area contributed by atoms with Crippen molar-refractivity contribution in [3.63, 3.8) is 0 Å². The quantitative estimate of drug-likeness (QED) is 0.861. The maximum absolute atomic E-state index is 11.7. The lowest BCUT2D eigenvalue weighted by Crippen LogP contribution is -2.25. The highest BCUT2D eigenvalue weighted by molar-refractivity contribution is 7.91. The highest BCUT2D eigenvalue weighted by Gasteiger charge is 2.23. The van der Waals surface area contributed by atoms with Crippen LogP contribution in [0.25, 0.3) is 0 Å². The highest BCUT2D eigenvalue weighted by Crippen LogP contribution is 2.21. The molecule has 1 aliphatic rings. The topological polar surface area (TPSA) is 55.4 Å². The van der Waals surface area contributed by atoms with E-state index in [9.17, 15) is 8.42 Å². The van der Waals surface area contributed by atoms with E-state index < -0.39 is 9.84 Å². The van der Waals surface area contributed by atoms with Crippen LogP contribution in [0.15, 0.2) is 24.3 Å². The van der Waals surface area contributed by atoms with Gasteiger partial charge in [-0.1, -0.05) is 12.1 Å². The van der Waals surface area contributed by atoms with Crippen molar-refractivity contribution in [3.05, 3.63) is 29.8 Å². The van der Waals surface area contributed by atoms with Gasteiger partial charge in [0.05, 0.1) is 18.6 Å². The molecule has 0 bridgehead atoms. The van der Waals surface area contributed by atoms with Crippen LogP contribution in [-0.4, -0.2) is 33.6 Å². The second-order valence-electron chi connectivity index (χ2n) is 4.25. The molecule has 1 aromatic carbocycles. The molecule has 2 rings (SSSR count). The lowest BCUT2D eigenvalue weighted by atomic mass is 10.1. The summed E-state index contributed by atoms with van der Waals surface area (Å²) in [5.74, 6) is 1.25. The molecule has 1 saturated heterocycles. The van der Waals surface area contributed by atoms with Crippen molar-refractivity contribution < 1.29 is 13.2 Å². The number of hydrogen-bond donors (Lipinski definition) is 1. The number of sulfone groups is 1. The third kappa shape index (κ3) is 3.20. The van der Waals surface area contributed by atoms with Crippen molar-refractivity contribution in [2.24, 2.45) is 0 Å². The van der Waals surface area contributed by atoms with E-state index in [-0.39, 0.29) is 17.5 Å². The molecule has 4 nitrogen and oxygen atoms in total. The van der Waals surface area contributed by atoms with Crippen molar-refractivity contribution in [1.82, 2.24) is 5.32 Å². The van der Waals surface area contributed by atoms with E-state index in [0.29, 0.717) is 6.42 Å². The van der Waals surface area contributed by atoms with Crippen molar-refractivity contribution >= 4 is 9.84 Å². The summed E-state index contributed by atoms with van der Waals surface area (Å²) < 4.78 is 28.5. The van der Waals surface area contributed by atoms with Crippen LogP contribution in [0.1, 0.15) is 18.0 Å². The largest absolute Gasteiger partial charge is 0.497 e. The molecule has 17 heavy (non-hydrogen) atoms. The zero-order chi connectivity index (χ0) is 12.3. The van der Waals surface area contributed by atoms with Gasteiger partial charge in [0, 0.05) is 6.04 Å². The van der Waals surface area contributed by atoms with Gasteiger partial charge in [-0.25, -0.2) is 8.42 Å². The molecule has 0 radical (unpaired) electrons. The first-order valence-corrected chi connectivity index (χ1v) is 7.50. The Bertz CT molecular complexity index is 467. The number of methoxy groups -OCH3 is 1. The van der Waals surface area contributed by atoms with Gasteiger partial charge in [-0.2, -0.15) is 0 Å². The zero-order valence-corrected chi connectivity index (χ0v) is 10.7. The molecule has 1 aliphatic heterocycles. The van der Waals surface area contributed by atoms with Gasteiger partial charge < -0.3 is 10.1 Å². The fraction of sp³-hybridized carbons (Fsp3) is 0.500. The molecule has 1 unspecified atom stereocenters. The third-order valence-electron chi connectivity index (χ3n) is 2.96. The van der Waals surface area contributed by atoms with Crippen LogP contribution in [0.5, 0.6) is 5.75 Å². The van der Waals surface area contributed by atoms with Crippen LogP contribution < -0.4 is 10.1 Å². The summed E-state index contributed by atoms with van der Waals surface area (Å²) in [6.45, 7) is 0.746. The van der Waals surface area contributed by atoms with Crippen molar-refractivity contribution in [3.8, 4) is 5.75 Å². The minimum atomic E-state index is -2.93. The van der Waals surface area contributed by atoms with E-state index in [4.69, 9.17) is 4.74 Å². The standard InChI is InChI=1S/C12H17NO3S/c1-16-11-5-3-10(4-6-11)12-9-17(14,15)8-2-7-13-12/h3-6,12-13H,2,7-9H2,1H3. The summed E-state index contributed by atoms with van der Waals surface area (Å²) in [5.41, 5.74) is 0.997. The fourth-order valence-electron chi connectivity index (χ4n) is 2.01. The lowest BCUT2D eigenvalue weighted by molar-refractivity contribution is 0.414. The molecule has 1 N–H and O–H groups in total. The van der Waals surface area contributed by atoms with Gasteiger partial charge >= 0.3 is 0 Å². The Morgan fingerprint density at radius 3 is 2.65 bits per heavy atom. The monoisotopic (exact) mass is 255 g/mol. The number of ether oxygens (including phenoxy) is 1. The molecule has 1 fully saturated rings. The minimum Gasteiger partial charge on any atom is -0.497 e. The van der Waals surface area contributed by atoms with Crippen molar-refractivity contribution in [1.29, 1.82) is 0 Å². The summed E-state index contributed by atoms with van der Waals surface area (Å²) >= 11 is 0. The molecule has 0 spiro atoms. The summed E-state index contributed by atoms with van der Waals surface area (Å²) in [6, 6.07) is 7.44. The summed E-state index contributed by atoms with van der Waals surface area (Å²) in [4.78, 5) is 0. The van der Waals surface area contributed by atoms with E-state index in [1.165, 1.54) is 0 Å². The number of benzene rings is 1. The first kappa shape index (κ1) is 12.4. The fourth-order valence-corrected chi connectivity index (χ4v) is 3.58. The molecule has 0 saturated carbocycles. The zero-order valence-electron chi connectivity index (χ0n) is 9.85. The molecular weight excluding hydrogens is 238 g/mol. The molecule has 1 atom stereocenters. The SMILES string of the molecule is COc1ccc(C2CS(=O)(=O)CCCN2)cc1. The van der Waals surface area contributed by atoms with Gasteiger partial charge in [0.1, 0.15) is 5.75 Å². The Kier molecular flexibility index (Phi) is 3.69. The van der Waals surface area contributed by atoms with Gasteiger partial charge in [0.15, 0.2) is 9.84 Å². The van der Waals surface area contributed by atoms with Crippen LogP contribution in [-0.2, 0) is 9.84 Å². The van der Waals surface area contributed by atoms with Crippen LogP contribution in [0, 0.1) is 0 Å². The van der Waals surface area contributed by atoms with Crippen molar-refractivity contribution in [2.75, 3.05) is 25.2 Å². The maximum atomic E-state index is 11.7. The van der Waals surface area contributed by atoms with E-state index >= 15 is 0 Å². The highest BCUT2D eigenvalue weighted by atomic mass is 32.2. The average molecular weight is 255 g/mol. The smallest absolute Gasteiger partial charge is 0.152 e. The van der Waals surface area contributed by atoms with Crippen LogP contribution >= 0.6 is 0 Å². The summed E-state index contributed by atoms with van der Waals surface area (Å²) in [7, 11) is -1.31. The van der Waals surface area contributed by atoms with E-state index in [1.807, 2.05) is 24.3 Å². The molecular formula is C12H17NO3S. The molecule has 0 amide bonds. The normalized spacial score (nSPS) is 23.9. The third-order valence-corrected chi connectivity index (χ3v) is 4.71. The van der Waals surface area contributed by atoms with Crippen LogP contribution in [0.3, 0.4) is 0 Å². The number of nitrogens with one attached hydrogen (secondary N) is 1. The van der Waals surface area contributed by atoms with E-state index in [1.54, 1.807) is 7.11 Å². The lowest BCUT2D eigenvalue weighted by Gasteiger charge is -2.15. The van der Waals surface area contributed by atoms with Crippen LogP contribution in [0.2, 0.25) is 0 Å². The molecule has 5 heteroatoms. The van der Waals surface area contributed by atoms with E-state index in [2.05, 4.69) is 5.32 Å². The first-order valence-electron chi connectivity index (χ1n) is 5.68. The van der Waals surface area contributed by atoms with Gasteiger partial charge in [0.25, 0.3) is 0 Å².